The number of aromatic amines is 1. The van der Waals surface area contributed by atoms with Crippen molar-refractivity contribution in [3.05, 3.63) is 75.0 Å². The zero-order valence-corrected chi connectivity index (χ0v) is 21.7. The number of carbonyl (C=O) groups is 1. The standard InChI is InChI=1S/C26H32ClN3O4S/c1-3-5-15-30(16-6-4-2)35(33,34)21-11-12-24-22(17-21)23(18-25(31)29-24)26(32)28-14-13-19-7-9-20(27)10-8-19/h7-12,17-18H,3-6,13-16H2,1-2H3,(H,28,32)(H,29,31). The van der Waals surface area contributed by atoms with Gasteiger partial charge in [0.2, 0.25) is 15.6 Å². The Labute approximate surface area is 211 Å². The summed E-state index contributed by atoms with van der Waals surface area (Å²) in [6, 6.07) is 13.1. The van der Waals surface area contributed by atoms with E-state index in [1.807, 2.05) is 26.0 Å². The highest BCUT2D eigenvalue weighted by Crippen LogP contribution is 2.24. The van der Waals surface area contributed by atoms with Crippen molar-refractivity contribution in [2.75, 3.05) is 19.6 Å². The number of pyridine rings is 1. The zero-order valence-electron chi connectivity index (χ0n) is 20.1. The van der Waals surface area contributed by atoms with Crippen molar-refractivity contribution in [2.45, 2.75) is 50.8 Å². The third kappa shape index (κ3) is 6.93. The molecule has 0 aliphatic rings. The molecule has 0 aliphatic heterocycles. The van der Waals surface area contributed by atoms with Crippen LogP contribution >= 0.6 is 11.6 Å². The Bertz CT molecular complexity index is 1310. The number of hydrogen-bond donors (Lipinski definition) is 2. The Kier molecular flexibility index (Phi) is 9.48. The Morgan fingerprint density at radius 1 is 1.00 bits per heavy atom. The van der Waals surface area contributed by atoms with Crippen molar-refractivity contribution >= 4 is 38.4 Å². The first-order valence-electron chi connectivity index (χ1n) is 12.0. The van der Waals surface area contributed by atoms with Crippen LogP contribution in [-0.2, 0) is 16.4 Å². The third-order valence-electron chi connectivity index (χ3n) is 5.83. The molecule has 2 aromatic carbocycles. The van der Waals surface area contributed by atoms with E-state index in [1.54, 1.807) is 18.2 Å². The maximum Gasteiger partial charge on any atom is 0.252 e. The van der Waals surface area contributed by atoms with E-state index in [0.717, 1.165) is 31.2 Å². The highest BCUT2D eigenvalue weighted by molar-refractivity contribution is 7.89. The summed E-state index contributed by atoms with van der Waals surface area (Å²) >= 11 is 5.91. The van der Waals surface area contributed by atoms with Gasteiger partial charge in [0.1, 0.15) is 0 Å². The molecule has 0 atom stereocenters. The largest absolute Gasteiger partial charge is 0.352 e. The van der Waals surface area contributed by atoms with E-state index in [2.05, 4.69) is 10.3 Å². The van der Waals surface area contributed by atoms with Crippen molar-refractivity contribution in [3.63, 3.8) is 0 Å². The molecule has 0 spiro atoms. The SMILES string of the molecule is CCCCN(CCCC)S(=O)(=O)c1ccc2[nH]c(=O)cc(C(=O)NCCc3ccc(Cl)cc3)c2c1. The number of fused-ring (bicyclic) bond motifs is 1. The second-order valence-corrected chi connectivity index (χ2v) is 10.9. The van der Waals surface area contributed by atoms with E-state index in [4.69, 9.17) is 11.6 Å². The average molecular weight is 518 g/mol. The second-order valence-electron chi connectivity index (χ2n) is 8.50. The van der Waals surface area contributed by atoms with E-state index in [9.17, 15) is 18.0 Å². The summed E-state index contributed by atoms with van der Waals surface area (Å²) in [5, 5.41) is 3.86. The summed E-state index contributed by atoms with van der Waals surface area (Å²) in [4.78, 5) is 28.0. The van der Waals surface area contributed by atoms with Gasteiger partial charge in [0, 0.05) is 41.6 Å². The van der Waals surface area contributed by atoms with E-state index in [1.165, 1.54) is 22.5 Å². The smallest absolute Gasteiger partial charge is 0.252 e. The highest BCUT2D eigenvalue weighted by atomic mass is 35.5. The van der Waals surface area contributed by atoms with Crippen LogP contribution in [0, 0.1) is 0 Å². The fourth-order valence-electron chi connectivity index (χ4n) is 3.82. The third-order valence-corrected chi connectivity index (χ3v) is 7.98. The minimum Gasteiger partial charge on any atom is -0.352 e. The quantitative estimate of drug-likeness (QED) is 0.362. The number of halogens is 1. The number of sulfonamides is 1. The number of amides is 1. The van der Waals surface area contributed by atoms with Gasteiger partial charge in [0.25, 0.3) is 5.91 Å². The number of nitrogens with zero attached hydrogens (tertiary/aromatic N) is 1. The molecule has 0 saturated carbocycles. The zero-order chi connectivity index (χ0) is 25.4. The molecule has 0 fully saturated rings. The molecule has 0 unspecified atom stereocenters. The number of benzene rings is 2. The van der Waals surface area contributed by atoms with E-state index >= 15 is 0 Å². The minimum absolute atomic E-state index is 0.111. The molecule has 2 N–H and O–H groups in total. The van der Waals surface area contributed by atoms with Crippen LogP contribution in [0.2, 0.25) is 5.02 Å². The Morgan fingerprint density at radius 2 is 1.66 bits per heavy atom. The van der Waals surface area contributed by atoms with Gasteiger partial charge in [-0.05, 0) is 55.2 Å². The molecular formula is C26H32ClN3O4S. The fraction of sp³-hybridized carbons (Fsp3) is 0.385. The van der Waals surface area contributed by atoms with Gasteiger partial charge >= 0.3 is 0 Å². The van der Waals surface area contributed by atoms with Crippen molar-refractivity contribution in [1.82, 2.24) is 14.6 Å². The number of hydrogen-bond acceptors (Lipinski definition) is 4. The van der Waals surface area contributed by atoms with Crippen LogP contribution in [0.1, 0.15) is 55.5 Å². The molecule has 188 valence electrons. The number of nitrogens with one attached hydrogen (secondary N) is 2. The van der Waals surface area contributed by atoms with Gasteiger partial charge in [-0.2, -0.15) is 4.31 Å². The van der Waals surface area contributed by atoms with Gasteiger partial charge in [0.15, 0.2) is 0 Å². The van der Waals surface area contributed by atoms with Crippen LogP contribution < -0.4 is 10.9 Å². The lowest BCUT2D eigenvalue weighted by Gasteiger charge is -2.22. The van der Waals surface area contributed by atoms with E-state index < -0.39 is 21.5 Å². The molecule has 1 heterocycles. The normalized spacial score (nSPS) is 11.8. The first kappa shape index (κ1) is 26.9. The van der Waals surface area contributed by atoms with Gasteiger partial charge in [-0.15, -0.1) is 0 Å². The molecule has 0 bridgehead atoms. The lowest BCUT2D eigenvalue weighted by Crippen LogP contribution is -2.33. The van der Waals surface area contributed by atoms with Crippen LogP contribution in [0.3, 0.4) is 0 Å². The van der Waals surface area contributed by atoms with Crippen LogP contribution in [0.5, 0.6) is 0 Å². The Morgan fingerprint density at radius 3 is 2.29 bits per heavy atom. The molecule has 3 rings (SSSR count). The summed E-state index contributed by atoms with van der Waals surface area (Å²) in [6.45, 7) is 5.29. The van der Waals surface area contributed by atoms with Gasteiger partial charge in [-0.3, -0.25) is 9.59 Å². The number of unbranched alkanes of at least 4 members (excludes halogenated alkanes) is 2. The number of aromatic nitrogens is 1. The summed E-state index contributed by atoms with van der Waals surface area (Å²) in [7, 11) is -3.75. The van der Waals surface area contributed by atoms with Gasteiger partial charge in [0.05, 0.1) is 10.5 Å². The molecule has 1 amide bonds. The van der Waals surface area contributed by atoms with Crippen LogP contribution in [0.25, 0.3) is 10.9 Å². The predicted molar refractivity (Wildman–Crippen MR) is 141 cm³/mol. The van der Waals surface area contributed by atoms with Crippen LogP contribution in [0.4, 0.5) is 0 Å². The number of H-pyrrole nitrogens is 1. The summed E-state index contributed by atoms with van der Waals surface area (Å²) in [6.07, 6.45) is 3.90. The van der Waals surface area contributed by atoms with Crippen molar-refractivity contribution in [3.8, 4) is 0 Å². The lowest BCUT2D eigenvalue weighted by atomic mass is 10.1. The molecule has 7 nitrogen and oxygen atoms in total. The Balaban J connectivity index is 1.89. The summed E-state index contributed by atoms with van der Waals surface area (Å²) < 4.78 is 28.4. The monoisotopic (exact) mass is 517 g/mol. The minimum atomic E-state index is -3.75. The van der Waals surface area contributed by atoms with E-state index in [0.29, 0.717) is 42.0 Å². The summed E-state index contributed by atoms with van der Waals surface area (Å²) in [5.41, 5.74) is 1.14. The molecule has 0 aliphatic carbocycles. The lowest BCUT2D eigenvalue weighted by molar-refractivity contribution is 0.0955. The molecule has 1 aromatic heterocycles. The molecule has 9 heteroatoms. The van der Waals surface area contributed by atoms with Crippen molar-refractivity contribution < 1.29 is 13.2 Å². The van der Waals surface area contributed by atoms with Crippen LogP contribution in [-0.4, -0.2) is 43.2 Å². The first-order valence-corrected chi connectivity index (χ1v) is 13.8. The molecule has 3 aromatic rings. The summed E-state index contributed by atoms with van der Waals surface area (Å²) in [5.74, 6) is -0.432. The average Bonchev–Trinajstić information content (AvgIpc) is 2.84. The number of rotatable bonds is 12. The second kappa shape index (κ2) is 12.3. The molecule has 35 heavy (non-hydrogen) atoms. The van der Waals surface area contributed by atoms with Gasteiger partial charge in [-0.1, -0.05) is 50.4 Å². The molecule has 0 radical (unpaired) electrons. The topological polar surface area (TPSA) is 99.3 Å². The predicted octanol–water partition coefficient (Wildman–Crippen LogP) is 4.74. The maximum absolute atomic E-state index is 13.4. The first-order chi connectivity index (χ1) is 16.8. The van der Waals surface area contributed by atoms with Crippen LogP contribution in [0.15, 0.2) is 58.2 Å². The van der Waals surface area contributed by atoms with E-state index in [-0.39, 0.29) is 10.5 Å². The molecular weight excluding hydrogens is 486 g/mol. The van der Waals surface area contributed by atoms with Crippen molar-refractivity contribution in [1.29, 1.82) is 0 Å². The van der Waals surface area contributed by atoms with Gasteiger partial charge < -0.3 is 10.3 Å². The maximum atomic E-state index is 13.4. The fourth-order valence-corrected chi connectivity index (χ4v) is 5.49. The number of carbonyl (C=O) groups excluding carboxylic acids is 1. The molecule has 0 saturated heterocycles. The van der Waals surface area contributed by atoms with Crippen molar-refractivity contribution in [2.24, 2.45) is 0 Å². The highest BCUT2D eigenvalue weighted by Gasteiger charge is 2.25. The Hall–Kier alpha value is -2.68. The van der Waals surface area contributed by atoms with Gasteiger partial charge in [-0.25, -0.2) is 8.42 Å².